The molecule has 1 heterocycles. The summed E-state index contributed by atoms with van der Waals surface area (Å²) in [6.07, 6.45) is 0. The van der Waals surface area contributed by atoms with Crippen molar-refractivity contribution >= 4 is 21.8 Å². The monoisotopic (exact) mass is 447 g/mol. The molecule has 164 valence electrons. The molecule has 7 heteroatoms. The first-order valence-electron chi connectivity index (χ1n) is 10.5. The summed E-state index contributed by atoms with van der Waals surface area (Å²) in [6.45, 7) is 3.63. The SMILES string of the molecule is CC(NC(=O)[C@H](C)N=C1NS(=O)(=O)c2ccccc21)C(c1ccccc1)c1ccccc1. The normalized spacial score (nSPS) is 17.4. The van der Waals surface area contributed by atoms with E-state index in [-0.39, 0.29) is 28.6 Å². The van der Waals surface area contributed by atoms with E-state index in [1.54, 1.807) is 25.1 Å². The molecule has 0 spiro atoms. The molecule has 0 saturated carbocycles. The van der Waals surface area contributed by atoms with Crippen LogP contribution in [-0.2, 0) is 14.8 Å². The van der Waals surface area contributed by atoms with Gasteiger partial charge in [-0.15, -0.1) is 0 Å². The maximum absolute atomic E-state index is 13.0. The van der Waals surface area contributed by atoms with E-state index >= 15 is 0 Å². The molecule has 0 fully saturated rings. The molecule has 0 aliphatic carbocycles. The number of hydrogen-bond donors (Lipinski definition) is 2. The van der Waals surface area contributed by atoms with Gasteiger partial charge < -0.3 is 5.32 Å². The number of nitrogens with zero attached hydrogens (tertiary/aromatic N) is 1. The average molecular weight is 448 g/mol. The zero-order chi connectivity index (χ0) is 22.7. The molecule has 0 bridgehead atoms. The van der Waals surface area contributed by atoms with Crippen molar-refractivity contribution in [3.63, 3.8) is 0 Å². The lowest BCUT2D eigenvalue weighted by atomic mass is 9.85. The van der Waals surface area contributed by atoms with Crippen molar-refractivity contribution in [1.29, 1.82) is 0 Å². The van der Waals surface area contributed by atoms with E-state index in [0.717, 1.165) is 11.1 Å². The highest BCUT2D eigenvalue weighted by molar-refractivity contribution is 7.90. The zero-order valence-electron chi connectivity index (χ0n) is 17.9. The molecule has 0 aromatic heterocycles. The maximum Gasteiger partial charge on any atom is 0.263 e. The Morgan fingerprint density at radius 3 is 1.97 bits per heavy atom. The van der Waals surface area contributed by atoms with Gasteiger partial charge in [-0.25, -0.2) is 8.42 Å². The third kappa shape index (κ3) is 4.43. The highest BCUT2D eigenvalue weighted by atomic mass is 32.2. The molecule has 1 aliphatic rings. The molecule has 2 N–H and O–H groups in total. The van der Waals surface area contributed by atoms with Crippen LogP contribution < -0.4 is 10.0 Å². The average Bonchev–Trinajstić information content (AvgIpc) is 3.05. The summed E-state index contributed by atoms with van der Waals surface area (Å²) in [5.74, 6) is -0.115. The third-order valence-corrected chi connectivity index (χ3v) is 6.95. The van der Waals surface area contributed by atoms with E-state index in [1.165, 1.54) is 6.07 Å². The van der Waals surface area contributed by atoms with Gasteiger partial charge in [0.05, 0.1) is 4.90 Å². The molecule has 4 rings (SSSR count). The summed E-state index contributed by atoms with van der Waals surface area (Å²) in [6, 6.07) is 25.7. The Morgan fingerprint density at radius 2 is 1.38 bits per heavy atom. The van der Waals surface area contributed by atoms with Gasteiger partial charge in [0.25, 0.3) is 10.0 Å². The largest absolute Gasteiger partial charge is 0.351 e. The molecule has 1 unspecified atom stereocenters. The Morgan fingerprint density at radius 1 is 0.844 bits per heavy atom. The van der Waals surface area contributed by atoms with E-state index in [4.69, 9.17) is 0 Å². The van der Waals surface area contributed by atoms with Crippen molar-refractivity contribution in [3.8, 4) is 0 Å². The number of amides is 1. The predicted octanol–water partition coefficient (Wildman–Crippen LogP) is 3.45. The number of carbonyl (C=O) groups is 1. The van der Waals surface area contributed by atoms with Gasteiger partial charge >= 0.3 is 0 Å². The highest BCUT2D eigenvalue weighted by Crippen LogP contribution is 2.28. The molecular formula is C25H25N3O3S. The Labute approximate surface area is 188 Å². The Kier molecular flexibility index (Phi) is 6.10. The fraction of sp³-hybridized carbons (Fsp3) is 0.200. The summed E-state index contributed by atoms with van der Waals surface area (Å²) >= 11 is 0. The van der Waals surface area contributed by atoms with Crippen molar-refractivity contribution in [2.24, 2.45) is 4.99 Å². The number of carbonyl (C=O) groups excluding carboxylic acids is 1. The first kappa shape index (κ1) is 21.8. The quantitative estimate of drug-likeness (QED) is 0.607. The smallest absolute Gasteiger partial charge is 0.263 e. The van der Waals surface area contributed by atoms with Gasteiger partial charge in [-0.05, 0) is 37.1 Å². The van der Waals surface area contributed by atoms with E-state index < -0.39 is 16.1 Å². The predicted molar refractivity (Wildman–Crippen MR) is 125 cm³/mol. The number of fused-ring (bicyclic) bond motifs is 1. The molecule has 2 atom stereocenters. The summed E-state index contributed by atoms with van der Waals surface area (Å²) in [7, 11) is -3.65. The molecule has 6 nitrogen and oxygen atoms in total. The van der Waals surface area contributed by atoms with Gasteiger partial charge in [0.1, 0.15) is 11.9 Å². The highest BCUT2D eigenvalue weighted by Gasteiger charge is 2.31. The van der Waals surface area contributed by atoms with Crippen LogP contribution in [0, 0.1) is 0 Å². The minimum Gasteiger partial charge on any atom is -0.351 e. The number of amidine groups is 1. The second kappa shape index (κ2) is 8.96. The van der Waals surface area contributed by atoms with Crippen LogP contribution in [0.2, 0.25) is 0 Å². The van der Waals surface area contributed by atoms with Crippen LogP contribution in [0.25, 0.3) is 0 Å². The van der Waals surface area contributed by atoms with Crippen molar-refractivity contribution < 1.29 is 13.2 Å². The van der Waals surface area contributed by atoms with Crippen LogP contribution in [-0.4, -0.2) is 32.2 Å². The minimum absolute atomic E-state index is 0.0353. The van der Waals surface area contributed by atoms with Gasteiger partial charge in [-0.3, -0.25) is 14.5 Å². The summed E-state index contributed by atoms with van der Waals surface area (Å²) in [5.41, 5.74) is 2.68. The number of hydrogen-bond acceptors (Lipinski definition) is 4. The fourth-order valence-electron chi connectivity index (χ4n) is 4.00. The van der Waals surface area contributed by atoms with E-state index in [0.29, 0.717) is 5.56 Å². The lowest BCUT2D eigenvalue weighted by Gasteiger charge is -2.27. The van der Waals surface area contributed by atoms with Gasteiger partial charge in [-0.2, -0.15) is 0 Å². The lowest BCUT2D eigenvalue weighted by molar-refractivity contribution is -0.122. The molecule has 0 saturated heterocycles. The van der Waals surface area contributed by atoms with Crippen LogP contribution in [0.5, 0.6) is 0 Å². The van der Waals surface area contributed by atoms with Crippen molar-refractivity contribution in [1.82, 2.24) is 10.0 Å². The van der Waals surface area contributed by atoms with Crippen molar-refractivity contribution in [3.05, 3.63) is 102 Å². The maximum atomic E-state index is 13.0. The van der Waals surface area contributed by atoms with Crippen LogP contribution >= 0.6 is 0 Å². The number of nitrogens with one attached hydrogen (secondary N) is 2. The first-order chi connectivity index (χ1) is 15.4. The summed E-state index contributed by atoms with van der Waals surface area (Å²) in [4.78, 5) is 17.5. The van der Waals surface area contributed by atoms with Crippen LogP contribution in [0.3, 0.4) is 0 Å². The molecule has 3 aromatic carbocycles. The van der Waals surface area contributed by atoms with Crippen molar-refractivity contribution in [2.75, 3.05) is 0 Å². The van der Waals surface area contributed by atoms with E-state index in [2.05, 4.69) is 15.0 Å². The molecule has 1 amide bonds. The van der Waals surface area contributed by atoms with Crippen LogP contribution in [0.4, 0.5) is 0 Å². The lowest BCUT2D eigenvalue weighted by Crippen LogP contribution is -2.42. The fourth-order valence-corrected chi connectivity index (χ4v) is 5.24. The van der Waals surface area contributed by atoms with E-state index in [1.807, 2.05) is 67.6 Å². The second-order valence-corrected chi connectivity index (χ2v) is 9.50. The van der Waals surface area contributed by atoms with Gasteiger partial charge in [0, 0.05) is 17.5 Å². The van der Waals surface area contributed by atoms with Gasteiger partial charge in [0.15, 0.2) is 0 Å². The molecule has 0 radical (unpaired) electrons. The summed E-state index contributed by atoms with van der Waals surface area (Å²) in [5, 5.41) is 3.07. The standard InChI is InChI=1S/C25H25N3O3S/c1-17(23(19-11-5-3-6-12-19)20-13-7-4-8-14-20)27-25(29)18(2)26-24-21-15-9-10-16-22(21)32(30,31)28-24/h3-18,23H,1-2H3,(H,26,28)(H,27,29)/t17?,18-/m0/s1. The Hall–Kier alpha value is -3.45. The number of benzene rings is 3. The van der Waals surface area contributed by atoms with Crippen molar-refractivity contribution in [2.45, 2.75) is 36.7 Å². The van der Waals surface area contributed by atoms with Crippen LogP contribution in [0.15, 0.2) is 94.8 Å². The Balaban J connectivity index is 1.56. The molecular weight excluding hydrogens is 422 g/mol. The number of aliphatic imine (C=N–C) groups is 1. The third-order valence-electron chi connectivity index (χ3n) is 5.55. The second-order valence-electron chi connectivity index (χ2n) is 7.85. The number of sulfonamides is 1. The topological polar surface area (TPSA) is 87.6 Å². The number of rotatable bonds is 6. The molecule has 1 aliphatic heterocycles. The Bertz CT molecular complexity index is 1200. The van der Waals surface area contributed by atoms with Gasteiger partial charge in [0.2, 0.25) is 5.91 Å². The molecule has 32 heavy (non-hydrogen) atoms. The summed E-state index contributed by atoms with van der Waals surface area (Å²) < 4.78 is 27.1. The van der Waals surface area contributed by atoms with Gasteiger partial charge in [-0.1, -0.05) is 72.8 Å². The molecule has 3 aromatic rings. The minimum atomic E-state index is -3.65. The first-order valence-corrected chi connectivity index (χ1v) is 12.0. The van der Waals surface area contributed by atoms with E-state index in [9.17, 15) is 13.2 Å². The zero-order valence-corrected chi connectivity index (χ0v) is 18.7. The van der Waals surface area contributed by atoms with Crippen LogP contribution in [0.1, 0.15) is 36.5 Å².